The Morgan fingerprint density at radius 1 is 1.15 bits per heavy atom. The van der Waals surface area contributed by atoms with E-state index < -0.39 is 11.4 Å². The van der Waals surface area contributed by atoms with Crippen molar-refractivity contribution in [1.82, 2.24) is 24.8 Å². The van der Waals surface area contributed by atoms with Crippen LogP contribution in [0.25, 0.3) is 16.9 Å². The standard InChI is InChI=1S/C25H26FN7O/c1-25(2,34)21-4-3-5-22(30-21)33-14-20(26)19-12-28-24(31-23(19)33)29-15-6-8-17(9-7-15)32-13-16-10-18(32)11-27-16/h3-9,12,14,16,18,27,34H,10-11,13H2,1-2H3,(H,28,29,31)/t16-,18-/m0/s1. The van der Waals surface area contributed by atoms with Crippen LogP contribution in [0.5, 0.6) is 0 Å². The molecule has 34 heavy (non-hydrogen) atoms. The van der Waals surface area contributed by atoms with Crippen molar-refractivity contribution >= 4 is 28.4 Å². The molecule has 2 bridgehead atoms. The summed E-state index contributed by atoms with van der Waals surface area (Å²) in [6.07, 6.45) is 4.02. The molecule has 2 fully saturated rings. The number of aliphatic hydroxyl groups is 1. The minimum absolute atomic E-state index is 0.300. The highest BCUT2D eigenvalue weighted by Gasteiger charge is 2.37. The topological polar surface area (TPSA) is 91.1 Å². The van der Waals surface area contributed by atoms with Crippen molar-refractivity contribution in [2.45, 2.75) is 38.0 Å². The smallest absolute Gasteiger partial charge is 0.229 e. The first-order chi connectivity index (χ1) is 16.3. The van der Waals surface area contributed by atoms with Crippen LogP contribution in [0.15, 0.2) is 54.9 Å². The lowest BCUT2D eigenvalue weighted by Crippen LogP contribution is -2.43. The van der Waals surface area contributed by atoms with Crippen LogP contribution in [0, 0.1) is 5.82 Å². The molecule has 0 spiro atoms. The Hall–Kier alpha value is -3.56. The second kappa shape index (κ2) is 7.75. The number of hydrogen-bond donors (Lipinski definition) is 3. The maximum absolute atomic E-state index is 14.6. The van der Waals surface area contributed by atoms with E-state index >= 15 is 0 Å². The van der Waals surface area contributed by atoms with E-state index in [1.165, 1.54) is 24.5 Å². The van der Waals surface area contributed by atoms with Crippen molar-refractivity contribution in [1.29, 1.82) is 0 Å². The molecule has 3 N–H and O–H groups in total. The number of halogens is 1. The van der Waals surface area contributed by atoms with Gasteiger partial charge in [0, 0.05) is 48.9 Å². The number of aromatic nitrogens is 4. The van der Waals surface area contributed by atoms with Gasteiger partial charge >= 0.3 is 0 Å². The van der Waals surface area contributed by atoms with Gasteiger partial charge in [0.25, 0.3) is 0 Å². The predicted molar refractivity (Wildman–Crippen MR) is 129 cm³/mol. The van der Waals surface area contributed by atoms with E-state index in [-0.39, 0.29) is 0 Å². The third-order valence-electron chi connectivity index (χ3n) is 6.62. The van der Waals surface area contributed by atoms with Gasteiger partial charge in [-0.1, -0.05) is 6.07 Å². The van der Waals surface area contributed by atoms with Gasteiger partial charge in [0.1, 0.15) is 11.4 Å². The number of anilines is 3. The van der Waals surface area contributed by atoms with Gasteiger partial charge in [-0.05, 0) is 56.7 Å². The SMILES string of the molecule is CC(C)(O)c1cccc(-n2cc(F)c3cnc(Nc4ccc(N5C[C@@H]6C[C@H]5CN6)cc4)nc32)n1. The first-order valence-electron chi connectivity index (χ1n) is 11.5. The third kappa shape index (κ3) is 3.66. The number of benzene rings is 1. The lowest BCUT2D eigenvalue weighted by molar-refractivity contribution is 0.0738. The zero-order chi connectivity index (χ0) is 23.4. The molecule has 0 unspecified atom stereocenters. The summed E-state index contributed by atoms with van der Waals surface area (Å²) >= 11 is 0. The number of rotatable bonds is 5. The van der Waals surface area contributed by atoms with Crippen molar-refractivity contribution in [3.05, 3.63) is 66.4 Å². The summed E-state index contributed by atoms with van der Waals surface area (Å²) in [7, 11) is 0. The number of fused-ring (bicyclic) bond motifs is 3. The largest absolute Gasteiger partial charge is 0.384 e. The van der Waals surface area contributed by atoms with Crippen LogP contribution in [0.3, 0.4) is 0 Å². The lowest BCUT2D eigenvalue weighted by atomic mass is 10.1. The molecule has 0 aliphatic carbocycles. The maximum Gasteiger partial charge on any atom is 0.229 e. The highest BCUT2D eigenvalue weighted by atomic mass is 19.1. The first kappa shape index (κ1) is 21.0. The molecule has 0 radical (unpaired) electrons. The zero-order valence-corrected chi connectivity index (χ0v) is 19.0. The van der Waals surface area contributed by atoms with Crippen LogP contribution in [0.1, 0.15) is 26.0 Å². The average molecular weight is 460 g/mol. The molecule has 0 amide bonds. The van der Waals surface area contributed by atoms with Crippen molar-refractivity contribution in [3.8, 4) is 5.82 Å². The number of hydrogen-bond acceptors (Lipinski definition) is 7. The molecule has 4 aromatic rings. The molecule has 5 heterocycles. The van der Waals surface area contributed by atoms with E-state index in [1.807, 2.05) is 12.1 Å². The molecule has 6 rings (SSSR count). The van der Waals surface area contributed by atoms with E-state index in [9.17, 15) is 9.50 Å². The van der Waals surface area contributed by atoms with E-state index in [0.29, 0.717) is 40.6 Å². The Labute approximate surface area is 196 Å². The Bertz CT molecular complexity index is 1360. The van der Waals surface area contributed by atoms with Crippen LogP contribution in [0.4, 0.5) is 21.7 Å². The van der Waals surface area contributed by atoms with Gasteiger partial charge in [-0.15, -0.1) is 0 Å². The fourth-order valence-electron chi connectivity index (χ4n) is 4.84. The maximum atomic E-state index is 14.6. The average Bonchev–Trinajstić information content (AvgIpc) is 3.54. The summed E-state index contributed by atoms with van der Waals surface area (Å²) in [6.45, 7) is 5.41. The predicted octanol–water partition coefficient (Wildman–Crippen LogP) is 3.48. The van der Waals surface area contributed by atoms with Crippen molar-refractivity contribution in [3.63, 3.8) is 0 Å². The van der Waals surface area contributed by atoms with Crippen molar-refractivity contribution in [2.24, 2.45) is 0 Å². The molecule has 3 aromatic heterocycles. The fourth-order valence-corrected chi connectivity index (χ4v) is 4.84. The van der Waals surface area contributed by atoms with Crippen LogP contribution in [-0.2, 0) is 5.60 Å². The Kier molecular flexibility index (Phi) is 4.79. The van der Waals surface area contributed by atoms with Crippen molar-refractivity contribution < 1.29 is 9.50 Å². The number of nitrogens with one attached hydrogen (secondary N) is 2. The highest BCUT2D eigenvalue weighted by molar-refractivity contribution is 5.79. The second-order valence-electron chi connectivity index (χ2n) is 9.54. The minimum atomic E-state index is -1.11. The molecule has 0 saturated carbocycles. The van der Waals surface area contributed by atoms with E-state index in [2.05, 4.69) is 42.6 Å². The van der Waals surface area contributed by atoms with Crippen LogP contribution in [-0.4, -0.2) is 49.8 Å². The van der Waals surface area contributed by atoms with Gasteiger partial charge in [0.05, 0.1) is 11.1 Å². The van der Waals surface area contributed by atoms with Crippen LogP contribution in [0.2, 0.25) is 0 Å². The molecule has 8 nitrogen and oxygen atoms in total. The summed E-state index contributed by atoms with van der Waals surface area (Å²) in [5, 5.41) is 17.4. The minimum Gasteiger partial charge on any atom is -0.384 e. The van der Waals surface area contributed by atoms with E-state index in [1.54, 1.807) is 36.6 Å². The number of piperazine rings is 1. The molecule has 9 heteroatoms. The quantitative estimate of drug-likeness (QED) is 0.421. The molecule has 2 saturated heterocycles. The van der Waals surface area contributed by atoms with Gasteiger partial charge in [-0.2, -0.15) is 4.98 Å². The Morgan fingerprint density at radius 3 is 2.68 bits per heavy atom. The second-order valence-corrected chi connectivity index (χ2v) is 9.54. The molecular formula is C25H26FN7O. The van der Waals surface area contributed by atoms with Gasteiger partial charge in [0.2, 0.25) is 5.95 Å². The fraction of sp³-hybridized carbons (Fsp3) is 0.320. The van der Waals surface area contributed by atoms with Crippen molar-refractivity contribution in [2.75, 3.05) is 23.3 Å². The normalized spacial score (nSPS) is 19.8. The summed E-state index contributed by atoms with van der Waals surface area (Å²) in [5.74, 6) is 0.398. The lowest BCUT2D eigenvalue weighted by Gasteiger charge is -2.29. The van der Waals surface area contributed by atoms with Gasteiger partial charge in [-0.3, -0.25) is 4.57 Å². The van der Waals surface area contributed by atoms with E-state index in [4.69, 9.17) is 0 Å². The first-order valence-corrected chi connectivity index (χ1v) is 11.5. The zero-order valence-electron chi connectivity index (χ0n) is 19.0. The summed E-state index contributed by atoms with van der Waals surface area (Å²) in [6, 6.07) is 14.7. The van der Waals surface area contributed by atoms with Gasteiger partial charge in [-0.25, -0.2) is 14.4 Å². The monoisotopic (exact) mass is 459 g/mol. The van der Waals surface area contributed by atoms with E-state index in [0.717, 1.165) is 18.8 Å². The molecular weight excluding hydrogens is 433 g/mol. The summed E-state index contributed by atoms with van der Waals surface area (Å²) in [5.41, 5.74) is 1.83. The molecule has 1 aromatic carbocycles. The molecule has 174 valence electrons. The summed E-state index contributed by atoms with van der Waals surface area (Å²) < 4.78 is 16.2. The van der Waals surface area contributed by atoms with Gasteiger partial charge in [0.15, 0.2) is 11.5 Å². The van der Waals surface area contributed by atoms with Crippen LogP contribution >= 0.6 is 0 Å². The Balaban J connectivity index is 1.29. The van der Waals surface area contributed by atoms with Gasteiger partial charge < -0.3 is 20.6 Å². The highest BCUT2D eigenvalue weighted by Crippen LogP contribution is 2.31. The summed E-state index contributed by atoms with van der Waals surface area (Å²) in [4.78, 5) is 15.8. The molecule has 2 atom stereocenters. The Morgan fingerprint density at radius 2 is 1.97 bits per heavy atom. The number of pyridine rings is 1. The third-order valence-corrected chi connectivity index (χ3v) is 6.62. The van der Waals surface area contributed by atoms with Crippen LogP contribution < -0.4 is 15.5 Å². The molecule has 2 aliphatic heterocycles. The number of nitrogens with zero attached hydrogens (tertiary/aromatic N) is 5. The molecule has 2 aliphatic rings.